The van der Waals surface area contributed by atoms with E-state index in [9.17, 15) is 4.39 Å². The molecular weight excluding hydrogens is 398 g/mol. The van der Waals surface area contributed by atoms with Crippen LogP contribution in [-0.2, 0) is 6.42 Å². The minimum atomic E-state index is -0.672. The lowest BCUT2D eigenvalue weighted by atomic mass is 9.91. The summed E-state index contributed by atoms with van der Waals surface area (Å²) in [5.74, 6) is -0.977. The summed E-state index contributed by atoms with van der Waals surface area (Å²) in [5.41, 5.74) is 2.66. The van der Waals surface area contributed by atoms with Gasteiger partial charge in [0.05, 0.1) is 11.6 Å². The maximum atomic E-state index is 15.3. The van der Waals surface area contributed by atoms with Crippen molar-refractivity contribution in [1.82, 2.24) is 0 Å². The number of halogens is 3. The third kappa shape index (κ3) is 3.56. The molecule has 4 rings (SSSR count). The summed E-state index contributed by atoms with van der Waals surface area (Å²) in [6.45, 7) is 1.44. The Morgan fingerprint density at radius 1 is 1.14 bits per heavy atom. The Morgan fingerprint density at radius 2 is 1.90 bits per heavy atom. The van der Waals surface area contributed by atoms with E-state index < -0.39 is 11.6 Å². The van der Waals surface area contributed by atoms with Crippen LogP contribution in [0.4, 0.5) is 8.78 Å². The van der Waals surface area contributed by atoms with Crippen molar-refractivity contribution in [1.29, 1.82) is 0 Å². The lowest BCUT2D eigenvalue weighted by Crippen LogP contribution is -2.05. The molecule has 29 heavy (non-hydrogen) atoms. The number of fused-ring (bicyclic) bond motifs is 1. The standard InChI is InChI=1S/C23H19ClF2O3/c1-13-7-8-17(28-10-9-27)23(26)20(13)21-15-11-18(14-5-3-2-4-6-14)29-19(15)12-16(25)22(21)24/h2-8,12,18,27H,9-11H2,1H3. The van der Waals surface area contributed by atoms with E-state index in [4.69, 9.17) is 26.2 Å². The number of benzene rings is 3. The number of hydrogen-bond donors (Lipinski definition) is 1. The SMILES string of the molecule is Cc1ccc(OCCO)c(F)c1-c1c(Cl)c(F)cc2c1CC(c1ccccc1)O2. The smallest absolute Gasteiger partial charge is 0.173 e. The van der Waals surface area contributed by atoms with E-state index in [2.05, 4.69) is 0 Å². The van der Waals surface area contributed by atoms with Crippen LogP contribution >= 0.6 is 11.6 Å². The minimum absolute atomic E-state index is 0.0211. The number of aryl methyl sites for hydroxylation is 1. The molecule has 0 amide bonds. The molecule has 150 valence electrons. The second-order valence-electron chi connectivity index (χ2n) is 6.89. The number of rotatable bonds is 5. The van der Waals surface area contributed by atoms with E-state index in [0.29, 0.717) is 23.3 Å². The van der Waals surface area contributed by atoms with E-state index >= 15 is 4.39 Å². The third-order valence-electron chi connectivity index (χ3n) is 5.03. The zero-order valence-corrected chi connectivity index (χ0v) is 16.5. The van der Waals surface area contributed by atoms with Crippen LogP contribution in [0.1, 0.15) is 22.8 Å². The fraction of sp³-hybridized carbons (Fsp3) is 0.217. The van der Waals surface area contributed by atoms with E-state index in [1.807, 2.05) is 30.3 Å². The van der Waals surface area contributed by atoms with Gasteiger partial charge in [-0.15, -0.1) is 0 Å². The van der Waals surface area contributed by atoms with Gasteiger partial charge in [-0.05, 0) is 24.1 Å². The first-order chi connectivity index (χ1) is 14.0. The molecule has 0 radical (unpaired) electrons. The second-order valence-corrected chi connectivity index (χ2v) is 7.26. The van der Waals surface area contributed by atoms with E-state index in [1.165, 1.54) is 12.1 Å². The highest BCUT2D eigenvalue weighted by atomic mass is 35.5. The lowest BCUT2D eigenvalue weighted by molar-refractivity contribution is 0.196. The molecule has 1 aliphatic rings. The van der Waals surface area contributed by atoms with Gasteiger partial charge in [0.1, 0.15) is 24.3 Å². The van der Waals surface area contributed by atoms with Crippen LogP contribution in [0, 0.1) is 18.6 Å². The monoisotopic (exact) mass is 416 g/mol. The Hall–Kier alpha value is -2.63. The summed E-state index contributed by atoms with van der Waals surface area (Å²) in [4.78, 5) is 0. The molecule has 0 spiro atoms. The van der Waals surface area contributed by atoms with Gasteiger partial charge in [-0.1, -0.05) is 48.0 Å². The quantitative estimate of drug-likeness (QED) is 0.585. The van der Waals surface area contributed by atoms with Gasteiger partial charge in [0.2, 0.25) is 0 Å². The van der Waals surface area contributed by atoms with Crippen molar-refractivity contribution in [2.24, 2.45) is 0 Å². The summed E-state index contributed by atoms with van der Waals surface area (Å²) in [6.07, 6.45) is 0.134. The molecular formula is C23H19ClF2O3. The molecule has 3 aromatic rings. The van der Waals surface area contributed by atoms with Crippen molar-refractivity contribution in [3.8, 4) is 22.6 Å². The highest BCUT2D eigenvalue weighted by Gasteiger charge is 2.32. The van der Waals surface area contributed by atoms with Gasteiger partial charge >= 0.3 is 0 Å². The van der Waals surface area contributed by atoms with Gasteiger partial charge in [0, 0.05) is 29.2 Å². The van der Waals surface area contributed by atoms with Gasteiger partial charge in [-0.2, -0.15) is 0 Å². The largest absolute Gasteiger partial charge is 0.488 e. The fourth-order valence-electron chi connectivity index (χ4n) is 3.67. The molecule has 3 nitrogen and oxygen atoms in total. The highest BCUT2D eigenvalue weighted by molar-refractivity contribution is 6.33. The number of ether oxygens (including phenoxy) is 2. The first kappa shape index (κ1) is 19.7. The van der Waals surface area contributed by atoms with Gasteiger partial charge in [-0.25, -0.2) is 8.78 Å². The van der Waals surface area contributed by atoms with Crippen LogP contribution in [-0.4, -0.2) is 18.3 Å². The Bertz CT molecular complexity index is 1050. The third-order valence-corrected chi connectivity index (χ3v) is 5.40. The van der Waals surface area contributed by atoms with Crippen LogP contribution in [0.15, 0.2) is 48.5 Å². The van der Waals surface area contributed by atoms with Gasteiger partial charge in [0.25, 0.3) is 0 Å². The Morgan fingerprint density at radius 3 is 2.62 bits per heavy atom. The predicted octanol–water partition coefficient (Wildman–Crippen LogP) is 5.64. The molecule has 3 aromatic carbocycles. The Labute approximate surface area is 172 Å². The maximum absolute atomic E-state index is 15.3. The van der Waals surface area contributed by atoms with Crippen LogP contribution in [0.3, 0.4) is 0 Å². The molecule has 0 bridgehead atoms. The highest BCUT2D eigenvalue weighted by Crippen LogP contribution is 2.48. The number of hydrogen-bond acceptors (Lipinski definition) is 3. The molecule has 1 N–H and O–H groups in total. The molecule has 1 unspecified atom stereocenters. The summed E-state index contributed by atoms with van der Waals surface area (Å²) in [7, 11) is 0. The molecule has 0 saturated heterocycles. The first-order valence-corrected chi connectivity index (χ1v) is 9.64. The average molecular weight is 417 g/mol. The van der Waals surface area contributed by atoms with Crippen molar-refractivity contribution in [3.63, 3.8) is 0 Å². The molecule has 1 aliphatic heterocycles. The van der Waals surface area contributed by atoms with Crippen molar-refractivity contribution in [3.05, 3.63) is 81.9 Å². The van der Waals surface area contributed by atoms with Gasteiger partial charge < -0.3 is 14.6 Å². The van der Waals surface area contributed by atoms with Crippen LogP contribution in [0.5, 0.6) is 11.5 Å². The van der Waals surface area contributed by atoms with Crippen LogP contribution in [0.2, 0.25) is 5.02 Å². The van der Waals surface area contributed by atoms with Crippen molar-refractivity contribution < 1.29 is 23.4 Å². The normalized spacial score (nSPS) is 15.1. The lowest BCUT2D eigenvalue weighted by Gasteiger charge is -2.16. The second kappa shape index (κ2) is 8.01. The predicted molar refractivity (Wildman–Crippen MR) is 108 cm³/mol. The summed E-state index contributed by atoms with van der Waals surface area (Å²) >= 11 is 6.33. The maximum Gasteiger partial charge on any atom is 0.173 e. The molecule has 6 heteroatoms. The molecule has 0 aromatic heterocycles. The molecule has 0 aliphatic carbocycles. The molecule has 1 heterocycles. The van der Waals surface area contributed by atoms with E-state index in [0.717, 1.165) is 5.56 Å². The summed E-state index contributed by atoms with van der Waals surface area (Å²) in [5, 5.41) is 8.82. The van der Waals surface area contributed by atoms with Crippen LogP contribution < -0.4 is 9.47 Å². The zero-order valence-electron chi connectivity index (χ0n) is 15.7. The Kier molecular flexibility index (Phi) is 5.43. The van der Waals surface area contributed by atoms with E-state index in [-0.39, 0.29) is 41.2 Å². The zero-order chi connectivity index (χ0) is 20.5. The number of aliphatic hydroxyl groups excluding tert-OH is 1. The molecule has 0 fully saturated rings. The summed E-state index contributed by atoms with van der Waals surface area (Å²) in [6, 6.07) is 14.0. The first-order valence-electron chi connectivity index (χ1n) is 9.26. The Balaban J connectivity index is 1.85. The van der Waals surface area contributed by atoms with Crippen molar-refractivity contribution >= 4 is 11.6 Å². The van der Waals surface area contributed by atoms with Crippen molar-refractivity contribution in [2.45, 2.75) is 19.4 Å². The molecule has 0 saturated carbocycles. The van der Waals surface area contributed by atoms with Gasteiger partial charge in [0.15, 0.2) is 11.6 Å². The molecule has 1 atom stereocenters. The minimum Gasteiger partial charge on any atom is -0.488 e. The average Bonchev–Trinajstić information content (AvgIpc) is 3.14. The van der Waals surface area contributed by atoms with Crippen LogP contribution in [0.25, 0.3) is 11.1 Å². The van der Waals surface area contributed by atoms with Crippen molar-refractivity contribution in [2.75, 3.05) is 13.2 Å². The summed E-state index contributed by atoms with van der Waals surface area (Å²) < 4.78 is 41.2. The topological polar surface area (TPSA) is 38.7 Å². The number of aliphatic hydroxyl groups is 1. The van der Waals surface area contributed by atoms with E-state index in [1.54, 1.807) is 13.0 Å². The van der Waals surface area contributed by atoms with Gasteiger partial charge in [-0.3, -0.25) is 0 Å². The fourth-order valence-corrected chi connectivity index (χ4v) is 3.93.